The topological polar surface area (TPSA) is 87.3 Å². The SMILES string of the molecule is COC(=O)[C@@H](C)NC(=O)N1CCc2[nH]cnc2[C@@H]1c1cccc(Cl)c1Cl. The number of esters is 1. The van der Waals surface area contributed by atoms with Gasteiger partial charge in [0.15, 0.2) is 0 Å². The van der Waals surface area contributed by atoms with Crippen LogP contribution in [0.5, 0.6) is 0 Å². The molecule has 1 aromatic carbocycles. The van der Waals surface area contributed by atoms with E-state index in [1.54, 1.807) is 30.3 Å². The third-order valence-electron chi connectivity index (χ3n) is 4.36. The number of rotatable bonds is 3. The third-order valence-corrected chi connectivity index (χ3v) is 5.19. The summed E-state index contributed by atoms with van der Waals surface area (Å²) in [7, 11) is 1.27. The lowest BCUT2D eigenvalue weighted by Gasteiger charge is -2.36. The first-order chi connectivity index (χ1) is 12.4. The molecular weight excluding hydrogens is 379 g/mol. The molecule has 26 heavy (non-hydrogen) atoms. The number of benzene rings is 1. The second-order valence-electron chi connectivity index (χ2n) is 5.95. The van der Waals surface area contributed by atoms with Gasteiger partial charge in [-0.15, -0.1) is 0 Å². The Balaban J connectivity index is 1.97. The number of halogens is 2. The second-order valence-corrected chi connectivity index (χ2v) is 6.73. The van der Waals surface area contributed by atoms with Gasteiger partial charge in [-0.3, -0.25) is 0 Å². The molecule has 138 valence electrons. The molecule has 2 atom stereocenters. The van der Waals surface area contributed by atoms with E-state index < -0.39 is 24.1 Å². The average Bonchev–Trinajstić information content (AvgIpc) is 3.11. The van der Waals surface area contributed by atoms with Crippen LogP contribution in [0, 0.1) is 0 Å². The van der Waals surface area contributed by atoms with Gasteiger partial charge in [0.25, 0.3) is 0 Å². The Bertz CT molecular complexity index is 839. The Morgan fingerprint density at radius 2 is 2.19 bits per heavy atom. The van der Waals surface area contributed by atoms with Gasteiger partial charge < -0.3 is 19.9 Å². The van der Waals surface area contributed by atoms with E-state index in [0.29, 0.717) is 34.3 Å². The number of nitrogens with one attached hydrogen (secondary N) is 2. The van der Waals surface area contributed by atoms with Crippen molar-refractivity contribution in [3.05, 3.63) is 51.5 Å². The Kier molecular flexibility index (Phi) is 5.38. The zero-order valence-electron chi connectivity index (χ0n) is 14.3. The molecule has 9 heteroatoms. The van der Waals surface area contributed by atoms with E-state index in [9.17, 15) is 9.59 Å². The standard InChI is InChI=1S/C17H18Cl2N4O3/c1-9(16(24)26-2)22-17(25)23-7-6-12-14(21-8-20-12)15(23)10-4-3-5-11(18)13(10)19/h3-5,8-9,15H,6-7H2,1-2H3,(H,20,21)(H,22,25)/t9-,15+/m1/s1. The number of hydrogen-bond acceptors (Lipinski definition) is 4. The molecule has 0 bridgehead atoms. The molecule has 2 amide bonds. The molecule has 7 nitrogen and oxygen atoms in total. The minimum absolute atomic E-state index is 0.369. The molecule has 0 radical (unpaired) electrons. The first kappa shape index (κ1) is 18.5. The number of H-pyrrole nitrogens is 1. The van der Waals surface area contributed by atoms with Crippen LogP contribution >= 0.6 is 23.2 Å². The zero-order valence-corrected chi connectivity index (χ0v) is 15.8. The molecule has 0 saturated heterocycles. The number of urea groups is 1. The lowest BCUT2D eigenvalue weighted by Crippen LogP contribution is -2.50. The summed E-state index contributed by atoms with van der Waals surface area (Å²) in [6, 6.07) is 3.58. The van der Waals surface area contributed by atoms with Crippen molar-refractivity contribution in [2.24, 2.45) is 0 Å². The molecule has 1 aliphatic heterocycles. The Morgan fingerprint density at radius 3 is 2.92 bits per heavy atom. The molecule has 3 rings (SSSR count). The van der Waals surface area contributed by atoms with Gasteiger partial charge in [-0.25, -0.2) is 14.6 Å². The number of imidazole rings is 1. The normalized spacial score (nSPS) is 17.4. The number of amides is 2. The maximum atomic E-state index is 12.8. The van der Waals surface area contributed by atoms with Crippen molar-refractivity contribution < 1.29 is 14.3 Å². The van der Waals surface area contributed by atoms with Gasteiger partial charge in [0, 0.05) is 24.2 Å². The van der Waals surface area contributed by atoms with Crippen LogP contribution in [-0.4, -0.2) is 46.6 Å². The molecule has 0 spiro atoms. The van der Waals surface area contributed by atoms with Crippen molar-refractivity contribution in [2.75, 3.05) is 13.7 Å². The molecule has 0 saturated carbocycles. The number of carbonyl (C=O) groups is 2. The number of fused-ring (bicyclic) bond motifs is 1. The van der Waals surface area contributed by atoms with Gasteiger partial charge in [0.2, 0.25) is 0 Å². The molecule has 0 unspecified atom stereocenters. The number of hydrogen-bond donors (Lipinski definition) is 2. The van der Waals surface area contributed by atoms with E-state index in [1.807, 2.05) is 6.07 Å². The number of carbonyl (C=O) groups excluding carboxylic acids is 2. The maximum Gasteiger partial charge on any atom is 0.328 e. The van der Waals surface area contributed by atoms with E-state index >= 15 is 0 Å². The van der Waals surface area contributed by atoms with Crippen LogP contribution in [0.1, 0.15) is 29.9 Å². The van der Waals surface area contributed by atoms with Gasteiger partial charge in [0.1, 0.15) is 12.1 Å². The largest absolute Gasteiger partial charge is 0.467 e. The predicted octanol–water partition coefficient (Wildman–Crippen LogP) is 2.94. The summed E-state index contributed by atoms with van der Waals surface area (Å²) in [6.07, 6.45) is 2.21. The van der Waals surface area contributed by atoms with Crippen LogP contribution < -0.4 is 5.32 Å². The second kappa shape index (κ2) is 7.55. The first-order valence-corrected chi connectivity index (χ1v) is 8.80. The Morgan fingerprint density at radius 1 is 1.42 bits per heavy atom. The highest BCUT2D eigenvalue weighted by Crippen LogP contribution is 2.39. The van der Waals surface area contributed by atoms with Crippen LogP contribution in [0.25, 0.3) is 0 Å². The van der Waals surface area contributed by atoms with Gasteiger partial charge in [-0.1, -0.05) is 35.3 Å². The van der Waals surface area contributed by atoms with Gasteiger partial charge in [0.05, 0.1) is 29.2 Å². The minimum Gasteiger partial charge on any atom is -0.467 e. The lowest BCUT2D eigenvalue weighted by atomic mass is 9.96. The van der Waals surface area contributed by atoms with Crippen molar-refractivity contribution in [3.63, 3.8) is 0 Å². The zero-order chi connectivity index (χ0) is 18.8. The van der Waals surface area contributed by atoms with Crippen LogP contribution in [-0.2, 0) is 16.0 Å². The van der Waals surface area contributed by atoms with Crippen molar-refractivity contribution in [1.29, 1.82) is 0 Å². The predicted molar refractivity (Wildman–Crippen MR) is 97.3 cm³/mol. The first-order valence-electron chi connectivity index (χ1n) is 8.05. The Labute approximate surface area is 160 Å². The van der Waals surface area contributed by atoms with Crippen LogP contribution in [0.15, 0.2) is 24.5 Å². The maximum absolute atomic E-state index is 12.8. The van der Waals surface area contributed by atoms with Crippen LogP contribution in [0.4, 0.5) is 4.79 Å². The van der Waals surface area contributed by atoms with Crippen molar-refractivity contribution in [1.82, 2.24) is 20.2 Å². The monoisotopic (exact) mass is 396 g/mol. The summed E-state index contributed by atoms with van der Waals surface area (Å²) in [6.45, 7) is 2.00. The van der Waals surface area contributed by atoms with Crippen LogP contribution in [0.2, 0.25) is 10.0 Å². The minimum atomic E-state index is -0.774. The molecule has 2 N–H and O–H groups in total. The van der Waals surface area contributed by atoms with E-state index in [1.165, 1.54) is 7.11 Å². The molecule has 1 aliphatic rings. The number of aromatic nitrogens is 2. The Hall–Kier alpha value is -2.25. The fraction of sp³-hybridized carbons (Fsp3) is 0.353. The van der Waals surface area contributed by atoms with E-state index in [4.69, 9.17) is 23.2 Å². The molecule has 2 aromatic rings. The molecule has 2 heterocycles. The molecular formula is C17H18Cl2N4O3. The number of aromatic amines is 1. The van der Waals surface area contributed by atoms with Gasteiger partial charge in [-0.05, 0) is 13.0 Å². The van der Waals surface area contributed by atoms with E-state index in [2.05, 4.69) is 20.0 Å². The van der Waals surface area contributed by atoms with Crippen molar-refractivity contribution in [2.45, 2.75) is 25.4 Å². The van der Waals surface area contributed by atoms with Gasteiger partial charge >= 0.3 is 12.0 Å². The average molecular weight is 397 g/mol. The van der Waals surface area contributed by atoms with Gasteiger partial charge in [-0.2, -0.15) is 0 Å². The summed E-state index contributed by atoms with van der Waals surface area (Å²) in [4.78, 5) is 33.5. The fourth-order valence-electron chi connectivity index (χ4n) is 3.05. The van der Waals surface area contributed by atoms with Crippen molar-refractivity contribution >= 4 is 35.2 Å². The highest BCUT2D eigenvalue weighted by molar-refractivity contribution is 6.42. The number of ether oxygens (including phenoxy) is 1. The lowest BCUT2D eigenvalue weighted by molar-refractivity contribution is -0.142. The fourth-order valence-corrected chi connectivity index (χ4v) is 3.46. The number of nitrogens with zero attached hydrogens (tertiary/aromatic N) is 2. The van der Waals surface area contributed by atoms with Crippen molar-refractivity contribution in [3.8, 4) is 0 Å². The molecule has 0 aliphatic carbocycles. The quantitative estimate of drug-likeness (QED) is 0.780. The highest BCUT2D eigenvalue weighted by Gasteiger charge is 2.36. The smallest absolute Gasteiger partial charge is 0.328 e. The van der Waals surface area contributed by atoms with E-state index in [0.717, 1.165) is 5.69 Å². The molecule has 0 fully saturated rings. The molecule has 1 aromatic heterocycles. The number of methoxy groups -OCH3 is 1. The summed E-state index contributed by atoms with van der Waals surface area (Å²) in [5.74, 6) is -0.520. The third kappa shape index (κ3) is 3.37. The summed E-state index contributed by atoms with van der Waals surface area (Å²) < 4.78 is 4.66. The summed E-state index contributed by atoms with van der Waals surface area (Å²) in [5.41, 5.74) is 2.32. The highest BCUT2D eigenvalue weighted by atomic mass is 35.5. The summed E-state index contributed by atoms with van der Waals surface area (Å²) >= 11 is 12.6. The van der Waals surface area contributed by atoms with Crippen LogP contribution in [0.3, 0.4) is 0 Å². The summed E-state index contributed by atoms with van der Waals surface area (Å²) in [5, 5.41) is 3.42. The van der Waals surface area contributed by atoms with E-state index in [-0.39, 0.29) is 0 Å².